The van der Waals surface area contributed by atoms with Crippen LogP contribution in [-0.4, -0.2) is 46.5 Å². The second kappa shape index (κ2) is 8.44. The van der Waals surface area contributed by atoms with E-state index in [4.69, 9.17) is 0 Å². The lowest BCUT2D eigenvalue weighted by Crippen LogP contribution is -2.40. The maximum atomic E-state index is 13.1. The largest absolute Gasteiger partial charge is 0.337 e. The molecule has 27 heavy (non-hydrogen) atoms. The molecular formula is C20H23FN2O2S2. The van der Waals surface area contributed by atoms with Gasteiger partial charge >= 0.3 is 0 Å². The van der Waals surface area contributed by atoms with Crippen molar-refractivity contribution in [1.82, 2.24) is 9.80 Å². The van der Waals surface area contributed by atoms with Crippen molar-refractivity contribution in [3.05, 3.63) is 57.5 Å². The smallest absolute Gasteiger partial charge is 0.253 e. The number of aryl methyl sites for hydroxylation is 1. The van der Waals surface area contributed by atoms with Crippen molar-refractivity contribution in [2.24, 2.45) is 0 Å². The maximum Gasteiger partial charge on any atom is 0.253 e. The van der Waals surface area contributed by atoms with Crippen molar-refractivity contribution >= 4 is 34.9 Å². The summed E-state index contributed by atoms with van der Waals surface area (Å²) in [7, 11) is 0. The molecule has 0 bridgehead atoms. The highest BCUT2D eigenvalue weighted by molar-refractivity contribution is 8.01. The minimum atomic E-state index is -0.363. The number of amides is 2. The van der Waals surface area contributed by atoms with Crippen LogP contribution in [0.15, 0.2) is 35.7 Å². The molecule has 0 unspecified atom stereocenters. The molecule has 0 N–H and O–H groups in total. The van der Waals surface area contributed by atoms with Crippen molar-refractivity contribution in [2.45, 2.75) is 31.4 Å². The summed E-state index contributed by atoms with van der Waals surface area (Å²) < 4.78 is 13.1. The van der Waals surface area contributed by atoms with Crippen molar-refractivity contribution in [2.75, 3.05) is 19.6 Å². The number of carbonyl (C=O) groups excluding carboxylic acids is 2. The van der Waals surface area contributed by atoms with Crippen LogP contribution >= 0.6 is 23.1 Å². The SMILES string of the molecule is CCN(CCN1C(=O)[C@H](C)S[C@@H]1c1sccc1C)C(=O)c1ccc(F)cc1. The van der Waals surface area contributed by atoms with Gasteiger partial charge in [-0.05, 0) is 62.0 Å². The lowest BCUT2D eigenvalue weighted by Gasteiger charge is -2.28. The van der Waals surface area contributed by atoms with Gasteiger partial charge in [-0.2, -0.15) is 0 Å². The number of hydrogen-bond donors (Lipinski definition) is 0. The van der Waals surface area contributed by atoms with E-state index in [1.165, 1.54) is 34.7 Å². The molecule has 3 rings (SSSR count). The number of thiophene rings is 1. The number of carbonyl (C=O) groups is 2. The number of rotatable bonds is 6. The van der Waals surface area contributed by atoms with Gasteiger partial charge < -0.3 is 9.80 Å². The predicted octanol–water partition coefficient (Wildman–Crippen LogP) is 4.32. The highest BCUT2D eigenvalue weighted by Crippen LogP contribution is 2.45. The molecule has 1 saturated heterocycles. The third-order valence-corrected chi connectivity index (χ3v) is 7.32. The van der Waals surface area contributed by atoms with E-state index in [0.717, 1.165) is 0 Å². The first-order chi connectivity index (χ1) is 12.9. The van der Waals surface area contributed by atoms with Crippen LogP contribution in [0.2, 0.25) is 0 Å². The fourth-order valence-corrected chi connectivity index (χ4v) is 5.70. The van der Waals surface area contributed by atoms with Gasteiger partial charge in [0.2, 0.25) is 5.91 Å². The van der Waals surface area contributed by atoms with E-state index < -0.39 is 0 Å². The fraction of sp³-hybridized carbons (Fsp3) is 0.400. The number of nitrogens with zero attached hydrogens (tertiary/aromatic N) is 2. The first-order valence-corrected chi connectivity index (χ1v) is 10.8. The summed E-state index contributed by atoms with van der Waals surface area (Å²) in [5, 5.41) is 1.97. The Morgan fingerprint density at radius 1 is 1.26 bits per heavy atom. The van der Waals surface area contributed by atoms with Gasteiger partial charge in [0.05, 0.1) is 5.25 Å². The summed E-state index contributed by atoms with van der Waals surface area (Å²) in [5.74, 6) is -0.394. The molecule has 2 atom stereocenters. The zero-order chi connectivity index (χ0) is 19.6. The van der Waals surface area contributed by atoms with Gasteiger partial charge in [-0.25, -0.2) is 4.39 Å². The van der Waals surface area contributed by atoms with E-state index in [9.17, 15) is 14.0 Å². The van der Waals surface area contributed by atoms with Gasteiger partial charge in [-0.15, -0.1) is 23.1 Å². The molecule has 4 nitrogen and oxygen atoms in total. The Balaban J connectivity index is 1.72. The molecule has 0 spiro atoms. The number of hydrogen-bond acceptors (Lipinski definition) is 4. The molecule has 0 saturated carbocycles. The van der Waals surface area contributed by atoms with Crippen LogP contribution in [0.4, 0.5) is 4.39 Å². The summed E-state index contributed by atoms with van der Waals surface area (Å²) in [4.78, 5) is 30.1. The number of thioether (sulfide) groups is 1. The molecule has 0 aliphatic carbocycles. The molecule has 0 radical (unpaired) electrons. The third-order valence-electron chi connectivity index (χ3n) is 4.74. The van der Waals surface area contributed by atoms with Crippen LogP contribution in [0.1, 0.15) is 40.0 Å². The summed E-state index contributed by atoms with van der Waals surface area (Å²) in [6, 6.07) is 7.65. The summed E-state index contributed by atoms with van der Waals surface area (Å²) in [5.41, 5.74) is 1.65. The van der Waals surface area contributed by atoms with Crippen LogP contribution in [0, 0.1) is 12.7 Å². The summed E-state index contributed by atoms with van der Waals surface area (Å²) >= 11 is 3.33. The number of likely N-dealkylation sites (N-methyl/N-ethyl adjacent to an activating group) is 1. The van der Waals surface area contributed by atoms with Crippen molar-refractivity contribution in [3.63, 3.8) is 0 Å². The molecule has 2 amide bonds. The molecule has 7 heteroatoms. The van der Waals surface area contributed by atoms with Gasteiger partial charge in [-0.1, -0.05) is 0 Å². The van der Waals surface area contributed by atoms with E-state index in [1.54, 1.807) is 28.0 Å². The Hall–Kier alpha value is -1.86. The number of halogens is 1. The Labute approximate surface area is 167 Å². The van der Waals surface area contributed by atoms with E-state index >= 15 is 0 Å². The van der Waals surface area contributed by atoms with Crippen molar-refractivity contribution in [3.8, 4) is 0 Å². The van der Waals surface area contributed by atoms with Crippen LogP contribution in [-0.2, 0) is 4.79 Å². The van der Waals surface area contributed by atoms with Gasteiger partial charge in [0.25, 0.3) is 5.91 Å². The Bertz CT molecular complexity index is 822. The lowest BCUT2D eigenvalue weighted by molar-refractivity contribution is -0.129. The molecule has 1 aromatic heterocycles. The maximum absolute atomic E-state index is 13.1. The third kappa shape index (κ3) is 4.19. The molecule has 2 aromatic rings. The second-order valence-corrected chi connectivity index (χ2v) is 8.90. The Kier molecular flexibility index (Phi) is 6.22. The van der Waals surface area contributed by atoms with E-state index in [-0.39, 0.29) is 28.3 Å². The molecule has 1 aliphatic heterocycles. The van der Waals surface area contributed by atoms with Gasteiger partial charge in [-0.3, -0.25) is 9.59 Å². The fourth-order valence-electron chi connectivity index (χ4n) is 3.15. The van der Waals surface area contributed by atoms with Crippen LogP contribution in [0.5, 0.6) is 0 Å². The monoisotopic (exact) mass is 406 g/mol. The zero-order valence-corrected chi connectivity index (χ0v) is 17.3. The van der Waals surface area contributed by atoms with Crippen molar-refractivity contribution in [1.29, 1.82) is 0 Å². The molecule has 144 valence electrons. The van der Waals surface area contributed by atoms with Gasteiger partial charge in [0, 0.05) is 30.1 Å². The van der Waals surface area contributed by atoms with Crippen LogP contribution in [0.3, 0.4) is 0 Å². The quantitative estimate of drug-likeness (QED) is 0.717. The minimum Gasteiger partial charge on any atom is -0.337 e. The van der Waals surface area contributed by atoms with Crippen molar-refractivity contribution < 1.29 is 14.0 Å². The normalized spacial score (nSPS) is 19.6. The lowest BCUT2D eigenvalue weighted by atomic mass is 10.2. The molecule has 2 heterocycles. The molecule has 1 fully saturated rings. The van der Waals surface area contributed by atoms with E-state index in [1.807, 2.05) is 24.1 Å². The highest BCUT2D eigenvalue weighted by Gasteiger charge is 2.39. The highest BCUT2D eigenvalue weighted by atomic mass is 32.2. The van der Waals surface area contributed by atoms with Gasteiger partial charge in [0.1, 0.15) is 11.2 Å². The molecular weight excluding hydrogens is 383 g/mol. The average molecular weight is 407 g/mol. The standard InChI is InChI=1S/C20H23FN2O2S2/c1-4-22(19(25)15-5-7-16(21)8-6-15)10-11-23-18(24)14(3)27-20(23)17-13(2)9-12-26-17/h5-9,12,14,20H,4,10-11H2,1-3H3/t14-,20+/m0/s1. The van der Waals surface area contributed by atoms with Crippen LogP contribution in [0.25, 0.3) is 0 Å². The summed E-state index contributed by atoms with van der Waals surface area (Å²) in [6.45, 7) is 7.37. The molecule has 1 aromatic carbocycles. The number of benzene rings is 1. The second-order valence-electron chi connectivity index (χ2n) is 6.52. The summed E-state index contributed by atoms with van der Waals surface area (Å²) in [6.07, 6.45) is 0. The topological polar surface area (TPSA) is 40.6 Å². The Morgan fingerprint density at radius 2 is 1.96 bits per heavy atom. The first-order valence-electron chi connectivity index (χ1n) is 8.97. The zero-order valence-electron chi connectivity index (χ0n) is 15.6. The first kappa shape index (κ1) is 19.9. The minimum absolute atomic E-state index is 0.00660. The Morgan fingerprint density at radius 3 is 2.56 bits per heavy atom. The van der Waals surface area contributed by atoms with E-state index in [0.29, 0.717) is 25.2 Å². The average Bonchev–Trinajstić information content (AvgIpc) is 3.20. The predicted molar refractivity (Wildman–Crippen MR) is 109 cm³/mol. The van der Waals surface area contributed by atoms with Crippen LogP contribution < -0.4 is 0 Å². The van der Waals surface area contributed by atoms with E-state index in [2.05, 4.69) is 13.0 Å². The molecule has 1 aliphatic rings. The van der Waals surface area contributed by atoms with Gasteiger partial charge in [0.15, 0.2) is 0 Å².